The second-order valence-electron chi connectivity index (χ2n) is 3.92. The van der Waals surface area contributed by atoms with Crippen molar-refractivity contribution in [2.45, 2.75) is 45.5 Å². The van der Waals surface area contributed by atoms with E-state index in [1.54, 1.807) is 0 Å². The van der Waals surface area contributed by atoms with Crippen molar-refractivity contribution in [3.63, 3.8) is 0 Å². The molecule has 0 N–H and O–H groups in total. The van der Waals surface area contributed by atoms with Crippen LogP contribution in [0.4, 0.5) is 26.3 Å². The van der Waals surface area contributed by atoms with Crippen LogP contribution in [0.3, 0.4) is 0 Å². The summed E-state index contributed by atoms with van der Waals surface area (Å²) in [5.74, 6) is 0. The number of alkyl halides is 6. The van der Waals surface area contributed by atoms with Crippen LogP contribution in [0, 0.1) is 0 Å². The number of nitrogens with zero attached hydrogens (tertiary/aromatic N) is 2. The van der Waals surface area contributed by atoms with Gasteiger partial charge in [-0.1, -0.05) is 13.3 Å². The van der Waals surface area contributed by atoms with Gasteiger partial charge in [0, 0.05) is 0 Å². The zero-order valence-corrected chi connectivity index (χ0v) is 11.1. The smallest absolute Gasteiger partial charge is 0.251 e. The Morgan fingerprint density at radius 3 is 2.15 bits per heavy atom. The molecule has 1 aromatic heterocycles. The number of halogens is 6. The van der Waals surface area contributed by atoms with E-state index in [-0.39, 0.29) is 0 Å². The van der Waals surface area contributed by atoms with E-state index >= 15 is 0 Å². The summed E-state index contributed by atoms with van der Waals surface area (Å²) >= 11 is 0. The molecule has 1 aromatic rings. The number of aromatic nitrogens is 2. The van der Waals surface area contributed by atoms with Gasteiger partial charge in [-0.15, -0.1) is 13.2 Å². The molecule has 1 rings (SSSR count). The van der Waals surface area contributed by atoms with E-state index in [0.29, 0.717) is 0 Å². The van der Waals surface area contributed by atoms with E-state index in [1.165, 1.54) is 12.8 Å². The first-order chi connectivity index (χ1) is 9.15. The highest BCUT2D eigenvalue weighted by molar-refractivity contribution is 4.65. The molecule has 0 fully saturated rings. The van der Waals surface area contributed by atoms with Gasteiger partial charge in [-0.2, -0.15) is 0 Å². The van der Waals surface area contributed by atoms with Crippen LogP contribution in [-0.2, 0) is 18.3 Å². The topological polar surface area (TPSA) is 18.0 Å². The van der Waals surface area contributed by atoms with Crippen LogP contribution >= 0.6 is 0 Å². The third-order valence-electron chi connectivity index (χ3n) is 2.04. The zero-order chi connectivity index (χ0) is 15.8. The van der Waals surface area contributed by atoms with Crippen molar-refractivity contribution >= 4 is 0 Å². The number of hydrogen-bond donors (Lipinski definition) is 0. The molecule has 0 aliphatic heterocycles. The van der Waals surface area contributed by atoms with Crippen molar-refractivity contribution in [2.75, 3.05) is 0 Å². The van der Waals surface area contributed by atoms with Gasteiger partial charge in [0.05, 0.1) is 13.6 Å². The van der Waals surface area contributed by atoms with Gasteiger partial charge < -0.3 is 0 Å². The maximum absolute atomic E-state index is 11.3. The minimum Gasteiger partial charge on any atom is -0.251 e. The van der Waals surface area contributed by atoms with Crippen molar-refractivity contribution in [1.82, 2.24) is 4.57 Å². The monoisotopic (exact) mass is 307 g/mol. The zero-order valence-electron chi connectivity index (χ0n) is 11.1. The summed E-state index contributed by atoms with van der Waals surface area (Å²) in [5, 5.41) is 0. The molecule has 0 radical (unpaired) electrons. The third kappa shape index (κ3) is 9.65. The Kier molecular flexibility index (Phi) is 8.28. The van der Waals surface area contributed by atoms with Crippen LogP contribution in [0.2, 0.25) is 0 Å². The molecular formula is C11H17F6N2O+. The highest BCUT2D eigenvalue weighted by Crippen LogP contribution is 2.22. The normalized spacial score (nSPS) is 13.1. The number of unbranched alkanes of at least 4 members (excludes halogenated alkanes) is 1. The molecule has 20 heavy (non-hydrogen) atoms. The van der Waals surface area contributed by atoms with E-state index in [2.05, 4.69) is 39.5 Å². The van der Waals surface area contributed by atoms with Crippen LogP contribution in [0.1, 0.15) is 19.8 Å². The molecule has 0 amide bonds. The van der Waals surface area contributed by atoms with E-state index in [0.717, 1.165) is 6.54 Å². The highest BCUT2D eigenvalue weighted by Gasteiger charge is 2.37. The van der Waals surface area contributed by atoms with Crippen molar-refractivity contribution in [2.24, 2.45) is 7.05 Å². The Morgan fingerprint density at radius 2 is 1.85 bits per heavy atom. The Morgan fingerprint density at radius 1 is 1.25 bits per heavy atom. The predicted molar refractivity (Wildman–Crippen MR) is 58.6 cm³/mol. The minimum absolute atomic E-state index is 1.15. The van der Waals surface area contributed by atoms with E-state index < -0.39 is 19.1 Å². The minimum atomic E-state index is -5.35. The molecule has 0 saturated heterocycles. The molecule has 0 aliphatic carbocycles. The van der Waals surface area contributed by atoms with Crippen LogP contribution in [0.5, 0.6) is 0 Å². The maximum Gasteiger partial charge on any atom is 0.525 e. The maximum atomic E-state index is 11.3. The summed E-state index contributed by atoms with van der Waals surface area (Å²) in [6.45, 7) is 3.36. The van der Waals surface area contributed by atoms with Crippen LogP contribution < -0.4 is 4.57 Å². The molecule has 0 spiro atoms. The molecule has 0 saturated carbocycles. The number of rotatable bonds is 5. The molecular weight excluding hydrogens is 290 g/mol. The van der Waals surface area contributed by atoms with Gasteiger partial charge in [0.25, 0.3) is 12.8 Å². The molecule has 9 heteroatoms. The molecule has 1 atom stereocenters. The Hall–Kier alpha value is -1.25. The lowest BCUT2D eigenvalue weighted by Gasteiger charge is -2.09. The van der Waals surface area contributed by atoms with Gasteiger partial charge in [-0.3, -0.25) is 4.74 Å². The predicted octanol–water partition coefficient (Wildman–Crippen LogP) is 3.20. The largest absolute Gasteiger partial charge is 0.525 e. The van der Waals surface area contributed by atoms with E-state index in [1.807, 2.05) is 7.05 Å². The van der Waals surface area contributed by atoms with E-state index in [9.17, 15) is 26.3 Å². The molecule has 0 aliphatic rings. The summed E-state index contributed by atoms with van der Waals surface area (Å²) in [5.41, 5.74) is 0. The van der Waals surface area contributed by atoms with Gasteiger partial charge in [-0.05, 0) is 6.42 Å². The molecule has 1 unspecified atom stereocenters. The fourth-order valence-electron chi connectivity index (χ4n) is 1.15. The van der Waals surface area contributed by atoms with Gasteiger partial charge in [-0.25, -0.2) is 22.3 Å². The number of aryl methyl sites for hydroxylation is 2. The first-order valence-corrected chi connectivity index (χ1v) is 5.83. The summed E-state index contributed by atoms with van der Waals surface area (Å²) in [7, 11) is 2.04. The van der Waals surface area contributed by atoms with Crippen molar-refractivity contribution in [3.8, 4) is 0 Å². The molecule has 0 bridgehead atoms. The highest BCUT2D eigenvalue weighted by atomic mass is 19.4. The summed E-state index contributed by atoms with van der Waals surface area (Å²) in [6.07, 6.45) is -3.91. The average Bonchev–Trinajstić information content (AvgIpc) is 2.71. The SMILES string of the molecule is CCCCn1cc[n+](C)c1.FC(F)C(F)OC(F)(F)F. The first kappa shape index (κ1) is 18.8. The van der Waals surface area contributed by atoms with Gasteiger partial charge in [0.15, 0.2) is 0 Å². The second-order valence-corrected chi connectivity index (χ2v) is 3.92. The van der Waals surface area contributed by atoms with Gasteiger partial charge >= 0.3 is 6.36 Å². The Balaban J connectivity index is 0.000000361. The lowest BCUT2D eigenvalue weighted by molar-refractivity contribution is -0.671. The van der Waals surface area contributed by atoms with Gasteiger partial charge in [0.1, 0.15) is 12.4 Å². The fourth-order valence-corrected chi connectivity index (χ4v) is 1.15. The number of ether oxygens (including phenoxy) is 1. The van der Waals surface area contributed by atoms with Crippen molar-refractivity contribution in [1.29, 1.82) is 0 Å². The van der Waals surface area contributed by atoms with Crippen LogP contribution in [0.15, 0.2) is 18.7 Å². The first-order valence-electron chi connectivity index (χ1n) is 5.83. The third-order valence-corrected chi connectivity index (χ3v) is 2.04. The second kappa shape index (κ2) is 8.83. The van der Waals surface area contributed by atoms with Crippen molar-refractivity contribution < 1.29 is 35.6 Å². The lowest BCUT2D eigenvalue weighted by Crippen LogP contribution is -2.25. The lowest BCUT2D eigenvalue weighted by atomic mass is 10.3. The number of hydrogen-bond acceptors (Lipinski definition) is 1. The quantitative estimate of drug-likeness (QED) is 0.603. The van der Waals surface area contributed by atoms with Crippen LogP contribution in [0.25, 0.3) is 0 Å². The Labute approximate surface area is 112 Å². The molecule has 1 heterocycles. The fraction of sp³-hybridized carbons (Fsp3) is 0.727. The molecule has 0 aromatic carbocycles. The standard InChI is InChI=1S/C8H15N2.C3H2F6O/c1-3-4-5-10-7-6-9(2)8-10;4-1(5)2(6)10-3(7,8)9/h6-8H,3-5H2,1-2H3;1-2H/q+1;. The number of imidazole rings is 1. The van der Waals surface area contributed by atoms with Crippen LogP contribution in [-0.4, -0.2) is 23.7 Å². The Bertz CT molecular complexity index is 366. The molecule has 118 valence electrons. The van der Waals surface area contributed by atoms with Crippen molar-refractivity contribution in [3.05, 3.63) is 18.7 Å². The molecule has 3 nitrogen and oxygen atoms in total. The van der Waals surface area contributed by atoms with Gasteiger partial charge in [0.2, 0.25) is 6.33 Å². The average molecular weight is 307 g/mol. The summed E-state index contributed by atoms with van der Waals surface area (Å²) < 4.78 is 72.4. The summed E-state index contributed by atoms with van der Waals surface area (Å²) in [6, 6.07) is 0. The van der Waals surface area contributed by atoms with E-state index in [4.69, 9.17) is 0 Å². The summed E-state index contributed by atoms with van der Waals surface area (Å²) in [4.78, 5) is 0.